The molecule has 2 N–H and O–H groups in total. The zero-order valence-electron chi connectivity index (χ0n) is 13.3. The second-order valence-electron chi connectivity index (χ2n) is 5.45. The van der Waals surface area contributed by atoms with E-state index in [0.29, 0.717) is 18.4 Å². The van der Waals surface area contributed by atoms with Crippen LogP contribution in [0.15, 0.2) is 24.3 Å². The minimum atomic E-state index is -4.41. The van der Waals surface area contributed by atoms with Gasteiger partial charge in [0.15, 0.2) is 5.79 Å². The lowest BCUT2D eigenvalue weighted by atomic mass is 10.0. The molecule has 1 aliphatic heterocycles. The van der Waals surface area contributed by atoms with Crippen LogP contribution in [-0.4, -0.2) is 36.3 Å². The maximum Gasteiger partial charge on any atom is 0.333 e. The summed E-state index contributed by atoms with van der Waals surface area (Å²) < 4.78 is 44.5. The van der Waals surface area contributed by atoms with Crippen LogP contribution in [0.5, 0.6) is 0 Å². The number of nitro benzene ring substituents is 1. The Balaban J connectivity index is 2.38. The lowest BCUT2D eigenvalue weighted by molar-refractivity contribution is -0.386. The highest BCUT2D eigenvalue weighted by molar-refractivity contribution is 7.83. The molecule has 0 spiro atoms. The van der Waals surface area contributed by atoms with Crippen LogP contribution < -0.4 is 4.72 Å². The lowest BCUT2D eigenvalue weighted by Crippen LogP contribution is -2.36. The maximum atomic E-state index is 11.3. The van der Waals surface area contributed by atoms with Gasteiger partial charge in [0.25, 0.3) is 5.69 Å². The molecule has 0 aliphatic carbocycles. The predicted molar refractivity (Wildman–Crippen MR) is 84.7 cm³/mol. The topological polar surface area (TPSA) is 128 Å². The smallest absolute Gasteiger partial charge is 0.333 e. The van der Waals surface area contributed by atoms with Crippen molar-refractivity contribution in [2.24, 2.45) is 0 Å². The standard InChI is InChI=1S/C14H20N2O7S/c1-3-14(4-2)22-12(9-15-24(19,20)21)13(23-14)10-7-5-6-8-11(10)16(17)18/h5-8,12-13,15H,3-4,9H2,1-2H3,(H,19,20,21). The zero-order chi connectivity index (χ0) is 18.0. The van der Waals surface area contributed by atoms with E-state index in [1.54, 1.807) is 12.1 Å². The average Bonchev–Trinajstić information content (AvgIpc) is 2.92. The summed E-state index contributed by atoms with van der Waals surface area (Å²) in [4.78, 5) is 10.7. The quantitative estimate of drug-likeness (QED) is 0.432. The summed E-state index contributed by atoms with van der Waals surface area (Å²) in [5.74, 6) is -0.958. The molecule has 9 nitrogen and oxygen atoms in total. The number of nitro groups is 1. The van der Waals surface area contributed by atoms with Crippen molar-refractivity contribution in [3.63, 3.8) is 0 Å². The van der Waals surface area contributed by atoms with Crippen LogP contribution in [-0.2, 0) is 19.8 Å². The van der Waals surface area contributed by atoms with E-state index in [0.717, 1.165) is 0 Å². The van der Waals surface area contributed by atoms with Crippen molar-refractivity contribution < 1.29 is 27.4 Å². The van der Waals surface area contributed by atoms with Gasteiger partial charge in [0.1, 0.15) is 12.2 Å². The van der Waals surface area contributed by atoms with Crippen molar-refractivity contribution in [3.05, 3.63) is 39.9 Å². The first-order valence-corrected chi connectivity index (χ1v) is 8.96. The van der Waals surface area contributed by atoms with E-state index in [1.807, 2.05) is 18.6 Å². The molecular formula is C14H20N2O7S. The molecule has 24 heavy (non-hydrogen) atoms. The molecule has 1 heterocycles. The number of rotatable bonds is 7. The minimum Gasteiger partial charge on any atom is -0.342 e. The van der Waals surface area contributed by atoms with E-state index >= 15 is 0 Å². The number of hydrogen-bond acceptors (Lipinski definition) is 6. The van der Waals surface area contributed by atoms with Crippen molar-refractivity contribution in [1.82, 2.24) is 4.72 Å². The Labute approximate surface area is 140 Å². The van der Waals surface area contributed by atoms with E-state index in [9.17, 15) is 18.5 Å². The fourth-order valence-corrected chi connectivity index (χ4v) is 3.13. The van der Waals surface area contributed by atoms with Crippen LogP contribution in [0.2, 0.25) is 0 Å². The van der Waals surface area contributed by atoms with Crippen molar-refractivity contribution in [2.75, 3.05) is 6.54 Å². The van der Waals surface area contributed by atoms with Gasteiger partial charge in [0.2, 0.25) is 0 Å². The Morgan fingerprint density at radius 1 is 1.29 bits per heavy atom. The van der Waals surface area contributed by atoms with Gasteiger partial charge in [0.05, 0.1) is 10.5 Å². The number of hydrogen-bond donors (Lipinski definition) is 2. The Kier molecular flexibility index (Phi) is 5.56. The molecule has 10 heteroatoms. The fraction of sp³-hybridized carbons (Fsp3) is 0.571. The second-order valence-corrected chi connectivity index (χ2v) is 6.69. The van der Waals surface area contributed by atoms with E-state index in [1.165, 1.54) is 12.1 Å². The first-order valence-electron chi connectivity index (χ1n) is 7.52. The lowest BCUT2D eigenvalue weighted by Gasteiger charge is -2.25. The van der Waals surface area contributed by atoms with Crippen LogP contribution in [0.3, 0.4) is 0 Å². The normalized spacial score (nSPS) is 23.3. The van der Waals surface area contributed by atoms with Gasteiger partial charge in [-0.1, -0.05) is 26.0 Å². The summed E-state index contributed by atoms with van der Waals surface area (Å²) in [5.41, 5.74) is 0.166. The number of para-hydroxylation sites is 1. The first kappa shape index (κ1) is 18.7. The molecule has 0 aromatic heterocycles. The van der Waals surface area contributed by atoms with Gasteiger partial charge in [-0.25, -0.2) is 0 Å². The molecular weight excluding hydrogens is 340 g/mol. The van der Waals surface area contributed by atoms with Gasteiger partial charge in [-0.15, -0.1) is 0 Å². The van der Waals surface area contributed by atoms with E-state index in [4.69, 9.17) is 14.0 Å². The van der Waals surface area contributed by atoms with Crippen LogP contribution in [0.25, 0.3) is 0 Å². The molecule has 0 radical (unpaired) electrons. The Morgan fingerprint density at radius 2 is 1.92 bits per heavy atom. The monoisotopic (exact) mass is 360 g/mol. The van der Waals surface area contributed by atoms with Gasteiger partial charge >= 0.3 is 10.3 Å². The molecule has 0 saturated carbocycles. The summed E-state index contributed by atoms with van der Waals surface area (Å²) in [5, 5.41) is 11.3. The summed E-state index contributed by atoms with van der Waals surface area (Å²) in [6, 6.07) is 6.07. The van der Waals surface area contributed by atoms with E-state index in [2.05, 4.69) is 0 Å². The Hall–Kier alpha value is -1.59. The van der Waals surface area contributed by atoms with Gasteiger partial charge in [-0.05, 0) is 18.9 Å². The maximum absolute atomic E-state index is 11.3. The second kappa shape index (κ2) is 7.11. The molecule has 2 unspecified atom stereocenters. The third-order valence-electron chi connectivity index (χ3n) is 4.03. The molecule has 0 bridgehead atoms. The van der Waals surface area contributed by atoms with Crippen LogP contribution in [0.4, 0.5) is 5.69 Å². The number of benzene rings is 1. The molecule has 2 rings (SSSR count). The number of nitrogens with zero attached hydrogens (tertiary/aromatic N) is 1. The third-order valence-corrected chi connectivity index (χ3v) is 4.56. The van der Waals surface area contributed by atoms with E-state index in [-0.39, 0.29) is 12.2 Å². The summed E-state index contributed by atoms with van der Waals surface area (Å²) in [6.45, 7) is 3.43. The zero-order valence-corrected chi connectivity index (χ0v) is 14.2. The largest absolute Gasteiger partial charge is 0.342 e. The van der Waals surface area contributed by atoms with Crippen molar-refractivity contribution >= 4 is 16.0 Å². The van der Waals surface area contributed by atoms with Gasteiger partial charge in [-0.2, -0.15) is 13.1 Å². The summed E-state index contributed by atoms with van der Waals surface area (Å²) in [7, 11) is -4.41. The fourth-order valence-electron chi connectivity index (χ4n) is 2.75. The van der Waals surface area contributed by atoms with Crippen LogP contribution >= 0.6 is 0 Å². The molecule has 1 fully saturated rings. The number of ether oxygens (including phenoxy) is 2. The highest BCUT2D eigenvalue weighted by atomic mass is 32.2. The Bertz CT molecular complexity index is 703. The predicted octanol–water partition coefficient (Wildman–Crippen LogP) is 1.96. The summed E-state index contributed by atoms with van der Waals surface area (Å²) >= 11 is 0. The summed E-state index contributed by atoms with van der Waals surface area (Å²) in [6.07, 6.45) is -0.667. The molecule has 1 aromatic carbocycles. The van der Waals surface area contributed by atoms with Gasteiger partial charge in [0, 0.05) is 12.6 Å². The van der Waals surface area contributed by atoms with Gasteiger partial charge < -0.3 is 9.47 Å². The van der Waals surface area contributed by atoms with Crippen LogP contribution in [0, 0.1) is 10.1 Å². The van der Waals surface area contributed by atoms with Crippen molar-refractivity contribution in [1.29, 1.82) is 0 Å². The van der Waals surface area contributed by atoms with Crippen LogP contribution in [0.1, 0.15) is 38.4 Å². The molecule has 2 atom stereocenters. The third kappa shape index (κ3) is 4.08. The molecule has 1 aliphatic rings. The average molecular weight is 360 g/mol. The van der Waals surface area contributed by atoms with Crippen molar-refractivity contribution in [3.8, 4) is 0 Å². The highest BCUT2D eigenvalue weighted by Crippen LogP contribution is 2.44. The molecule has 1 aromatic rings. The minimum absolute atomic E-state index is 0.133. The van der Waals surface area contributed by atoms with E-state index < -0.39 is 33.2 Å². The van der Waals surface area contributed by atoms with Crippen molar-refractivity contribution in [2.45, 2.75) is 44.7 Å². The highest BCUT2D eigenvalue weighted by Gasteiger charge is 2.47. The molecule has 134 valence electrons. The number of nitrogens with one attached hydrogen (secondary N) is 1. The Morgan fingerprint density at radius 3 is 2.46 bits per heavy atom. The first-order chi connectivity index (χ1) is 11.2. The molecule has 1 saturated heterocycles. The SMILES string of the molecule is CCC1(CC)OC(CNS(=O)(=O)O)C(c2ccccc2[N+](=O)[O-])O1. The van der Waals surface area contributed by atoms with Gasteiger partial charge in [-0.3, -0.25) is 14.7 Å². The molecule has 0 amide bonds.